The first-order valence-electron chi connectivity index (χ1n) is 9.47. The Hall–Kier alpha value is -3.14. The number of hydrogen-bond acceptors (Lipinski definition) is 10. The molecule has 0 spiro atoms. The van der Waals surface area contributed by atoms with Crippen LogP contribution in [0.15, 0.2) is 0 Å². The van der Waals surface area contributed by atoms with Crippen LogP contribution in [0.2, 0.25) is 0 Å². The number of carbonyl (C=O) groups excluding carboxylic acids is 6. The van der Waals surface area contributed by atoms with Gasteiger partial charge in [-0.25, -0.2) is 0 Å². The molecule has 0 bridgehead atoms. The predicted molar refractivity (Wildman–Crippen MR) is 105 cm³/mol. The van der Waals surface area contributed by atoms with E-state index in [0.29, 0.717) is 6.29 Å². The Bertz CT molecular complexity index is 674. The SMILES string of the molecule is CC(CO)C(=O)NC(CO)C(=O)NCC(=O)NC(CO)C(=O)NC(CO)C(=O)NCC=O. The van der Waals surface area contributed by atoms with Crippen LogP contribution in [0.4, 0.5) is 0 Å². The van der Waals surface area contributed by atoms with Gasteiger partial charge in [-0.3, -0.25) is 24.0 Å². The van der Waals surface area contributed by atoms with E-state index >= 15 is 0 Å². The zero-order valence-corrected chi connectivity index (χ0v) is 17.4. The molecule has 32 heavy (non-hydrogen) atoms. The standard InChI is InChI=1S/C17H29N5O10/c1-9(5-24)14(29)21-11(7-26)16(31)19-4-13(28)20-12(8-27)17(32)22-10(6-25)15(30)18-2-3-23/h3,9-12,24-27H,2,4-8H2,1H3,(H,18,30)(H,19,31)(H,20,28)(H,21,29)(H,22,32). The smallest absolute Gasteiger partial charge is 0.245 e. The largest absolute Gasteiger partial charge is 0.396 e. The van der Waals surface area contributed by atoms with Crippen LogP contribution in [-0.2, 0) is 28.8 Å². The fourth-order valence-corrected chi connectivity index (χ4v) is 2.05. The number of hydrogen-bond donors (Lipinski definition) is 9. The van der Waals surface area contributed by atoms with Crippen molar-refractivity contribution < 1.29 is 49.2 Å². The summed E-state index contributed by atoms with van der Waals surface area (Å²) in [5.41, 5.74) is 0. The van der Waals surface area contributed by atoms with Crippen LogP contribution in [0.1, 0.15) is 6.92 Å². The van der Waals surface area contributed by atoms with Gasteiger partial charge in [-0.15, -0.1) is 0 Å². The van der Waals surface area contributed by atoms with Crippen LogP contribution < -0.4 is 26.6 Å². The summed E-state index contributed by atoms with van der Waals surface area (Å²) in [5.74, 6) is -5.25. The lowest BCUT2D eigenvalue weighted by Crippen LogP contribution is -2.57. The first-order valence-corrected chi connectivity index (χ1v) is 9.47. The van der Waals surface area contributed by atoms with Crippen molar-refractivity contribution in [3.8, 4) is 0 Å². The minimum atomic E-state index is -1.54. The molecule has 4 unspecified atom stereocenters. The molecule has 0 aliphatic rings. The summed E-state index contributed by atoms with van der Waals surface area (Å²) in [4.78, 5) is 69.8. The monoisotopic (exact) mass is 463 g/mol. The van der Waals surface area contributed by atoms with Gasteiger partial charge < -0.3 is 51.8 Å². The van der Waals surface area contributed by atoms with Gasteiger partial charge in [0.25, 0.3) is 0 Å². The normalized spacial score (nSPS) is 14.2. The zero-order chi connectivity index (χ0) is 24.7. The molecule has 0 saturated heterocycles. The van der Waals surface area contributed by atoms with E-state index in [0.717, 1.165) is 0 Å². The molecule has 0 heterocycles. The summed E-state index contributed by atoms with van der Waals surface area (Å²) in [7, 11) is 0. The fraction of sp³-hybridized carbons (Fsp3) is 0.647. The van der Waals surface area contributed by atoms with Gasteiger partial charge in [-0.1, -0.05) is 6.92 Å². The second-order valence-electron chi connectivity index (χ2n) is 6.50. The second-order valence-corrected chi connectivity index (χ2v) is 6.50. The molecule has 0 aliphatic heterocycles. The van der Waals surface area contributed by atoms with E-state index in [4.69, 9.17) is 5.11 Å². The van der Waals surface area contributed by atoms with E-state index in [2.05, 4.69) is 26.6 Å². The highest BCUT2D eigenvalue weighted by atomic mass is 16.3. The maximum atomic E-state index is 12.1. The van der Waals surface area contributed by atoms with Crippen LogP contribution >= 0.6 is 0 Å². The van der Waals surface area contributed by atoms with Crippen LogP contribution in [-0.4, -0.2) is 114 Å². The molecule has 0 aromatic carbocycles. The van der Waals surface area contributed by atoms with Crippen LogP contribution in [0.5, 0.6) is 0 Å². The first-order chi connectivity index (χ1) is 15.1. The first kappa shape index (κ1) is 28.9. The predicted octanol–water partition coefficient (Wildman–Crippen LogP) is -6.52. The van der Waals surface area contributed by atoms with Gasteiger partial charge in [0.05, 0.1) is 45.4 Å². The maximum absolute atomic E-state index is 12.1. The number of rotatable bonds is 15. The van der Waals surface area contributed by atoms with E-state index in [1.54, 1.807) is 0 Å². The van der Waals surface area contributed by atoms with Gasteiger partial charge >= 0.3 is 0 Å². The van der Waals surface area contributed by atoms with Gasteiger partial charge in [0.15, 0.2) is 0 Å². The van der Waals surface area contributed by atoms with Gasteiger partial charge in [-0.2, -0.15) is 0 Å². The van der Waals surface area contributed by atoms with Crippen LogP contribution in [0.25, 0.3) is 0 Å². The summed E-state index contributed by atoms with van der Waals surface area (Å²) < 4.78 is 0. The number of aldehydes is 1. The summed E-state index contributed by atoms with van der Waals surface area (Å²) in [6.07, 6.45) is 0.388. The van der Waals surface area contributed by atoms with E-state index in [1.807, 2.05) is 0 Å². The Morgan fingerprint density at radius 1 is 0.688 bits per heavy atom. The minimum absolute atomic E-state index is 0.348. The molecule has 0 aliphatic carbocycles. The van der Waals surface area contributed by atoms with E-state index < -0.39 is 86.6 Å². The molecule has 0 rings (SSSR count). The Morgan fingerprint density at radius 3 is 1.62 bits per heavy atom. The Balaban J connectivity index is 4.74. The van der Waals surface area contributed by atoms with Crippen molar-refractivity contribution in [2.75, 3.05) is 39.5 Å². The molecule has 0 aromatic heterocycles. The summed E-state index contributed by atoms with van der Waals surface area (Å²) in [6.45, 7) is -2.60. The zero-order valence-electron chi connectivity index (χ0n) is 17.4. The molecule has 0 aromatic rings. The molecule has 0 saturated carbocycles. The van der Waals surface area contributed by atoms with Crippen LogP contribution in [0, 0.1) is 5.92 Å². The summed E-state index contributed by atoms with van der Waals surface area (Å²) in [5, 5.41) is 47.2. The van der Waals surface area contributed by atoms with Crippen molar-refractivity contribution in [3.63, 3.8) is 0 Å². The molecule has 4 atom stereocenters. The summed E-state index contributed by atoms with van der Waals surface area (Å²) >= 11 is 0. The molecule has 9 N–H and O–H groups in total. The van der Waals surface area contributed by atoms with Crippen molar-refractivity contribution in [3.05, 3.63) is 0 Å². The molecule has 182 valence electrons. The molecular formula is C17H29N5O10. The molecule has 0 radical (unpaired) electrons. The Morgan fingerprint density at radius 2 is 1.16 bits per heavy atom. The topological polar surface area (TPSA) is 243 Å². The van der Waals surface area contributed by atoms with Gasteiger partial charge in [-0.05, 0) is 0 Å². The third-order valence-corrected chi connectivity index (χ3v) is 3.97. The lowest BCUT2D eigenvalue weighted by Gasteiger charge is -2.21. The van der Waals surface area contributed by atoms with Crippen molar-refractivity contribution in [1.82, 2.24) is 26.6 Å². The van der Waals surface area contributed by atoms with E-state index in [9.17, 15) is 44.1 Å². The van der Waals surface area contributed by atoms with Crippen molar-refractivity contribution >= 4 is 35.8 Å². The number of carbonyl (C=O) groups is 6. The fourth-order valence-electron chi connectivity index (χ4n) is 2.05. The average molecular weight is 463 g/mol. The van der Waals surface area contributed by atoms with Crippen molar-refractivity contribution in [1.29, 1.82) is 0 Å². The summed E-state index contributed by atoms with van der Waals surface area (Å²) in [6, 6.07) is -4.37. The third kappa shape index (κ3) is 10.3. The Kier molecular flexibility index (Phi) is 14.1. The quantitative estimate of drug-likeness (QED) is 0.104. The van der Waals surface area contributed by atoms with Gasteiger partial charge in [0.1, 0.15) is 24.4 Å². The van der Waals surface area contributed by atoms with E-state index in [1.165, 1.54) is 6.92 Å². The minimum Gasteiger partial charge on any atom is -0.396 e. The van der Waals surface area contributed by atoms with Crippen molar-refractivity contribution in [2.24, 2.45) is 5.92 Å². The molecule has 0 fully saturated rings. The number of aliphatic hydroxyl groups excluding tert-OH is 4. The molecule has 15 nitrogen and oxygen atoms in total. The Labute approximate surface area is 182 Å². The average Bonchev–Trinajstić information content (AvgIpc) is 2.79. The number of nitrogens with one attached hydrogen (secondary N) is 5. The highest BCUT2D eigenvalue weighted by Crippen LogP contribution is 1.94. The maximum Gasteiger partial charge on any atom is 0.245 e. The molecular weight excluding hydrogens is 434 g/mol. The second kappa shape index (κ2) is 15.6. The number of aliphatic hydroxyl groups is 4. The molecule has 5 amide bonds. The highest BCUT2D eigenvalue weighted by molar-refractivity contribution is 5.94. The van der Waals surface area contributed by atoms with Crippen LogP contribution in [0.3, 0.4) is 0 Å². The lowest BCUT2D eigenvalue weighted by atomic mass is 10.1. The lowest BCUT2D eigenvalue weighted by molar-refractivity contribution is -0.134. The highest BCUT2D eigenvalue weighted by Gasteiger charge is 2.27. The van der Waals surface area contributed by atoms with Gasteiger partial charge in [0.2, 0.25) is 29.5 Å². The molecule has 15 heteroatoms. The van der Waals surface area contributed by atoms with E-state index in [-0.39, 0.29) is 6.54 Å². The third-order valence-electron chi connectivity index (χ3n) is 3.97. The number of amides is 5. The van der Waals surface area contributed by atoms with Gasteiger partial charge in [0, 0.05) is 0 Å². The van der Waals surface area contributed by atoms with Crippen molar-refractivity contribution in [2.45, 2.75) is 25.0 Å².